The molecule has 0 aliphatic heterocycles. The quantitative estimate of drug-likeness (QED) is 0.292. The minimum Gasteiger partial charge on any atom is -0.481 e. The van der Waals surface area contributed by atoms with Crippen LogP contribution in [0.15, 0.2) is 0 Å². The van der Waals surface area contributed by atoms with Crippen LogP contribution >= 0.6 is 0 Å². The van der Waals surface area contributed by atoms with Gasteiger partial charge in [0.2, 0.25) is 4.75 Å². The van der Waals surface area contributed by atoms with Crippen LogP contribution in [-0.2, 0) is 24.4 Å². The smallest absolute Gasteiger partial charge is 0.330 e. The van der Waals surface area contributed by atoms with E-state index in [4.69, 9.17) is 9.84 Å². The molecule has 0 radical (unpaired) electrons. The third kappa shape index (κ3) is 6.76. The van der Waals surface area contributed by atoms with Gasteiger partial charge in [-0.15, -0.1) is 0 Å². The van der Waals surface area contributed by atoms with Crippen LogP contribution in [0.2, 0.25) is 0 Å². The number of rotatable bonds is 13. The second-order valence-electron chi connectivity index (χ2n) is 6.15. The molecule has 0 aromatic heterocycles. The third-order valence-electron chi connectivity index (χ3n) is 4.20. The van der Waals surface area contributed by atoms with E-state index in [-0.39, 0.29) is 18.9 Å². The lowest BCUT2D eigenvalue weighted by Crippen LogP contribution is -2.50. The van der Waals surface area contributed by atoms with E-state index in [0.717, 1.165) is 19.3 Å². The van der Waals surface area contributed by atoms with Crippen LogP contribution in [0.4, 0.5) is 0 Å². The van der Waals surface area contributed by atoms with Gasteiger partial charge in [0.15, 0.2) is 0 Å². The summed E-state index contributed by atoms with van der Waals surface area (Å²) in [7, 11) is -4.94. The van der Waals surface area contributed by atoms with Crippen LogP contribution < -0.4 is 0 Å². The first kappa shape index (κ1) is 22.9. The Morgan fingerprint density at radius 3 is 2.12 bits per heavy atom. The number of hydrogen-bond acceptors (Lipinski definition) is 5. The van der Waals surface area contributed by atoms with Crippen LogP contribution in [0.25, 0.3) is 0 Å². The molecular formula is C16H30O7S. The van der Waals surface area contributed by atoms with Gasteiger partial charge >= 0.3 is 11.9 Å². The molecule has 7 nitrogen and oxygen atoms in total. The summed E-state index contributed by atoms with van der Waals surface area (Å²) in [5, 5.41) is 9.11. The summed E-state index contributed by atoms with van der Waals surface area (Å²) >= 11 is 0. The lowest BCUT2D eigenvalue weighted by Gasteiger charge is -2.30. The molecule has 2 N–H and O–H groups in total. The normalized spacial score (nSPS) is 15.5. The van der Waals surface area contributed by atoms with Crippen molar-refractivity contribution in [3.63, 3.8) is 0 Å². The Morgan fingerprint density at radius 1 is 1.12 bits per heavy atom. The number of hydrogen-bond donors (Lipinski definition) is 2. The predicted molar refractivity (Wildman–Crippen MR) is 90.3 cm³/mol. The van der Waals surface area contributed by atoms with Gasteiger partial charge in [0.1, 0.15) is 0 Å². The molecule has 0 aromatic rings. The summed E-state index contributed by atoms with van der Waals surface area (Å²) in [6.45, 7) is 5.70. The zero-order valence-corrected chi connectivity index (χ0v) is 15.6. The molecule has 0 rings (SSSR count). The fraction of sp³-hybridized carbons (Fsp3) is 0.875. The maximum Gasteiger partial charge on any atom is 0.330 e. The molecule has 2 unspecified atom stereocenters. The van der Waals surface area contributed by atoms with Gasteiger partial charge in [-0.05, 0) is 18.8 Å². The summed E-state index contributed by atoms with van der Waals surface area (Å²) in [6, 6.07) is 0. The van der Waals surface area contributed by atoms with Crippen LogP contribution in [0.1, 0.15) is 72.1 Å². The van der Waals surface area contributed by atoms with Crippen molar-refractivity contribution in [2.75, 3.05) is 6.61 Å². The van der Waals surface area contributed by atoms with E-state index < -0.39 is 33.2 Å². The van der Waals surface area contributed by atoms with Crippen molar-refractivity contribution in [1.82, 2.24) is 0 Å². The Balaban J connectivity index is 5.65. The molecule has 0 saturated heterocycles. The second kappa shape index (κ2) is 10.7. The van der Waals surface area contributed by atoms with Crippen molar-refractivity contribution < 1.29 is 32.4 Å². The average Bonchev–Trinajstić information content (AvgIpc) is 2.48. The van der Waals surface area contributed by atoms with E-state index >= 15 is 0 Å². The molecular weight excluding hydrogens is 336 g/mol. The molecule has 0 aliphatic rings. The number of carboxylic acid groups (broad SMARTS) is 1. The van der Waals surface area contributed by atoms with Crippen LogP contribution in [0.5, 0.6) is 0 Å². The van der Waals surface area contributed by atoms with E-state index in [1.165, 1.54) is 0 Å². The summed E-state index contributed by atoms with van der Waals surface area (Å²) in [4.78, 5) is 23.6. The molecule has 0 bridgehead atoms. The van der Waals surface area contributed by atoms with Gasteiger partial charge in [-0.25, -0.2) is 0 Å². The zero-order chi connectivity index (χ0) is 18.8. The van der Waals surface area contributed by atoms with Gasteiger partial charge in [0, 0.05) is 0 Å². The number of carbonyl (C=O) groups is 2. The maximum atomic E-state index is 12.4. The van der Waals surface area contributed by atoms with E-state index in [9.17, 15) is 22.6 Å². The second-order valence-corrected chi connectivity index (χ2v) is 7.88. The van der Waals surface area contributed by atoms with Gasteiger partial charge in [-0.1, -0.05) is 52.9 Å². The van der Waals surface area contributed by atoms with Crippen molar-refractivity contribution in [2.45, 2.75) is 76.9 Å². The van der Waals surface area contributed by atoms with Gasteiger partial charge in [-0.3, -0.25) is 14.1 Å². The highest BCUT2D eigenvalue weighted by Gasteiger charge is 2.54. The van der Waals surface area contributed by atoms with E-state index in [1.54, 1.807) is 0 Å². The molecule has 8 heteroatoms. The van der Waals surface area contributed by atoms with E-state index in [2.05, 4.69) is 0 Å². The number of ether oxygens (including phenoxy) is 1. The standard InChI is InChI=1S/C16H30O7S/c1-4-7-9-13(6-3)11-16(12-14(17)18,24(20,21)22)15(19)23-10-8-5-2/h13H,4-12H2,1-3H3,(H,17,18)(H,20,21,22). The minimum absolute atomic E-state index is 0.00201. The fourth-order valence-electron chi connectivity index (χ4n) is 2.62. The number of carbonyl (C=O) groups excluding carboxylic acids is 1. The van der Waals surface area contributed by atoms with E-state index in [1.807, 2.05) is 20.8 Å². The van der Waals surface area contributed by atoms with Crippen molar-refractivity contribution in [2.24, 2.45) is 5.92 Å². The van der Waals surface area contributed by atoms with Crippen molar-refractivity contribution >= 4 is 22.1 Å². The van der Waals surface area contributed by atoms with Gasteiger partial charge in [-0.2, -0.15) is 8.42 Å². The molecule has 0 aliphatic carbocycles. The molecule has 0 saturated carbocycles. The molecule has 0 fully saturated rings. The highest BCUT2D eigenvalue weighted by Crippen LogP contribution is 2.34. The van der Waals surface area contributed by atoms with Crippen LogP contribution in [0.3, 0.4) is 0 Å². The molecule has 2 atom stereocenters. The highest BCUT2D eigenvalue weighted by atomic mass is 32.2. The first-order valence-electron chi connectivity index (χ1n) is 8.50. The van der Waals surface area contributed by atoms with Gasteiger partial charge in [0.25, 0.3) is 10.1 Å². The Labute approximate surface area is 144 Å². The fourth-order valence-corrected chi connectivity index (χ4v) is 3.65. The molecule has 142 valence electrons. The van der Waals surface area contributed by atoms with Gasteiger partial charge in [0.05, 0.1) is 13.0 Å². The molecule has 0 spiro atoms. The molecule has 0 amide bonds. The Bertz CT molecular complexity index is 501. The number of unbranched alkanes of at least 4 members (excludes halogenated alkanes) is 2. The number of aliphatic carboxylic acids is 1. The number of carboxylic acids is 1. The molecule has 24 heavy (non-hydrogen) atoms. The third-order valence-corrected chi connectivity index (χ3v) is 5.66. The summed E-state index contributed by atoms with van der Waals surface area (Å²) in [5.41, 5.74) is 0. The summed E-state index contributed by atoms with van der Waals surface area (Å²) < 4.78 is 36.2. The molecule has 0 heterocycles. The molecule has 0 aromatic carbocycles. The number of esters is 1. The largest absolute Gasteiger partial charge is 0.481 e. The maximum absolute atomic E-state index is 12.4. The van der Waals surface area contributed by atoms with Gasteiger partial charge < -0.3 is 9.84 Å². The Hall–Kier alpha value is -1.15. The SMILES string of the molecule is CCCCOC(=O)C(CC(=O)O)(CC(CC)CCCC)S(=O)(=O)O. The predicted octanol–water partition coefficient (Wildman–Crippen LogP) is 3.04. The Morgan fingerprint density at radius 2 is 1.71 bits per heavy atom. The topological polar surface area (TPSA) is 118 Å². The van der Waals surface area contributed by atoms with Crippen LogP contribution in [0, 0.1) is 5.92 Å². The summed E-state index contributed by atoms with van der Waals surface area (Å²) in [6.07, 6.45) is 2.99. The van der Waals surface area contributed by atoms with E-state index in [0.29, 0.717) is 19.3 Å². The summed E-state index contributed by atoms with van der Waals surface area (Å²) in [5.74, 6) is -2.83. The van der Waals surface area contributed by atoms with Crippen LogP contribution in [-0.4, -0.2) is 41.4 Å². The average molecular weight is 366 g/mol. The Kier molecular flexibility index (Phi) is 10.1. The monoisotopic (exact) mass is 366 g/mol. The first-order valence-corrected chi connectivity index (χ1v) is 9.94. The van der Waals surface area contributed by atoms with Crippen molar-refractivity contribution in [1.29, 1.82) is 0 Å². The first-order chi connectivity index (χ1) is 11.1. The zero-order valence-electron chi connectivity index (χ0n) is 14.8. The van der Waals surface area contributed by atoms with Crippen molar-refractivity contribution in [3.8, 4) is 0 Å². The van der Waals surface area contributed by atoms with Crippen molar-refractivity contribution in [3.05, 3.63) is 0 Å². The lowest BCUT2D eigenvalue weighted by molar-refractivity contribution is -0.152. The minimum atomic E-state index is -4.94. The highest BCUT2D eigenvalue weighted by molar-refractivity contribution is 7.88. The lowest BCUT2D eigenvalue weighted by atomic mass is 9.86.